The maximum Gasteiger partial charge on any atom is 0.417 e. The van der Waals surface area contributed by atoms with Crippen LogP contribution in [0.1, 0.15) is 52.9 Å². The number of ketones is 1. The van der Waals surface area contributed by atoms with Crippen molar-refractivity contribution in [2.45, 2.75) is 45.3 Å². The summed E-state index contributed by atoms with van der Waals surface area (Å²) in [6.45, 7) is 5.57. The van der Waals surface area contributed by atoms with Gasteiger partial charge in [-0.15, -0.1) is 0 Å². The molecule has 0 aliphatic heterocycles. The number of imidazole rings is 2. The van der Waals surface area contributed by atoms with Crippen molar-refractivity contribution in [3.05, 3.63) is 88.7 Å². The number of rotatable bonds is 9. The van der Waals surface area contributed by atoms with Gasteiger partial charge in [0.15, 0.2) is 5.75 Å². The number of amides is 1. The Morgan fingerprint density at radius 1 is 1.10 bits per heavy atom. The summed E-state index contributed by atoms with van der Waals surface area (Å²) >= 11 is 0. The van der Waals surface area contributed by atoms with Crippen molar-refractivity contribution in [2.75, 3.05) is 19.0 Å². The minimum Gasteiger partial charge on any atom is -0.494 e. The highest BCUT2D eigenvalue weighted by Gasteiger charge is 2.38. The molecule has 0 radical (unpaired) electrons. The topological polar surface area (TPSA) is 103 Å². The van der Waals surface area contributed by atoms with Gasteiger partial charge in [-0.3, -0.25) is 14.0 Å². The van der Waals surface area contributed by atoms with Crippen molar-refractivity contribution in [1.82, 2.24) is 24.3 Å². The molecule has 9 nitrogen and oxygen atoms in total. The van der Waals surface area contributed by atoms with Gasteiger partial charge in [0.25, 0.3) is 0 Å². The summed E-state index contributed by atoms with van der Waals surface area (Å²) in [5, 5.41) is 5.41. The standard InChI is InChI=1S/C34H31F5N6O3/c1-17-29(30(47)19-14-22(35)27(23(36)15-19)43-25(46)9-6-12-40-33(3)10-11-33)45-13-7-8-20(32(45)41-17)26-21(34(37,38)39)16-24-28(31(26)48-5)42-18(2)44(24)4/h6-9,13-16,40H,10-12H2,1-5H3,(H,43,46)/b9-6+. The quantitative estimate of drug-likeness (QED) is 0.103. The SMILES string of the molecule is COc1c(-c2cccn3c(C(=O)c4cc(F)c(NC(=O)/C=C/CNC5(C)CC5)c(F)c4)c(C)nc23)c(C(F)(F)F)cc2c1nc(C)n2C. The Kier molecular flexibility index (Phi) is 8.10. The molecule has 3 aromatic heterocycles. The van der Waals surface area contributed by atoms with Crippen LogP contribution < -0.4 is 15.4 Å². The Hall–Kier alpha value is -5.11. The van der Waals surface area contributed by atoms with Crippen molar-refractivity contribution >= 4 is 34.1 Å². The zero-order valence-electron chi connectivity index (χ0n) is 26.6. The van der Waals surface area contributed by atoms with Gasteiger partial charge >= 0.3 is 6.18 Å². The zero-order chi connectivity index (χ0) is 34.7. The molecule has 1 aliphatic carbocycles. The highest BCUT2D eigenvalue weighted by atomic mass is 19.4. The molecule has 1 aliphatic rings. The van der Waals surface area contributed by atoms with Gasteiger partial charge in [-0.05, 0) is 63.9 Å². The summed E-state index contributed by atoms with van der Waals surface area (Å²) in [6.07, 6.45) is 1.36. The number of ether oxygens (including phenoxy) is 1. The fraction of sp³-hybridized carbons (Fsp3) is 0.294. The molecule has 0 atom stereocenters. The largest absolute Gasteiger partial charge is 0.494 e. The number of aromatic nitrogens is 4. The molecule has 14 heteroatoms. The Labute approximate surface area is 271 Å². The minimum atomic E-state index is -4.81. The normalized spacial score (nSPS) is 14.3. The molecule has 1 amide bonds. The van der Waals surface area contributed by atoms with Crippen LogP contribution in [0.3, 0.4) is 0 Å². The fourth-order valence-electron chi connectivity index (χ4n) is 5.71. The minimum absolute atomic E-state index is 0.000977. The lowest BCUT2D eigenvalue weighted by Gasteiger charge is -2.18. The number of benzene rings is 2. The van der Waals surface area contributed by atoms with Gasteiger partial charge in [0.2, 0.25) is 11.7 Å². The van der Waals surface area contributed by atoms with E-state index in [9.17, 15) is 22.8 Å². The molecule has 2 aromatic carbocycles. The predicted molar refractivity (Wildman–Crippen MR) is 169 cm³/mol. The molecule has 48 heavy (non-hydrogen) atoms. The van der Waals surface area contributed by atoms with Gasteiger partial charge < -0.3 is 19.9 Å². The van der Waals surface area contributed by atoms with E-state index in [1.54, 1.807) is 14.0 Å². The van der Waals surface area contributed by atoms with Crippen LogP contribution >= 0.6 is 0 Å². The van der Waals surface area contributed by atoms with Crippen molar-refractivity contribution in [3.63, 3.8) is 0 Å². The number of carbonyl (C=O) groups is 2. The van der Waals surface area contributed by atoms with Crippen LogP contribution in [0, 0.1) is 25.5 Å². The second-order valence-corrected chi connectivity index (χ2v) is 12.1. The van der Waals surface area contributed by atoms with E-state index < -0.39 is 46.3 Å². The van der Waals surface area contributed by atoms with Crippen molar-refractivity contribution in [3.8, 4) is 16.9 Å². The first-order chi connectivity index (χ1) is 22.6. The number of nitrogens with one attached hydrogen (secondary N) is 2. The van der Waals surface area contributed by atoms with Crippen LogP contribution in [-0.4, -0.2) is 49.8 Å². The summed E-state index contributed by atoms with van der Waals surface area (Å²) < 4.78 is 82.4. The fourth-order valence-corrected chi connectivity index (χ4v) is 5.71. The lowest BCUT2D eigenvalue weighted by atomic mass is 9.97. The van der Waals surface area contributed by atoms with E-state index in [2.05, 4.69) is 20.6 Å². The molecule has 0 spiro atoms. The van der Waals surface area contributed by atoms with Gasteiger partial charge in [-0.2, -0.15) is 13.2 Å². The lowest BCUT2D eigenvalue weighted by molar-refractivity contribution is -0.137. The molecule has 0 saturated heterocycles. The number of nitrogens with zero attached hydrogens (tertiary/aromatic N) is 4. The number of alkyl halides is 3. The maximum absolute atomic E-state index is 15.1. The van der Waals surface area contributed by atoms with Crippen LogP contribution in [0.4, 0.5) is 27.6 Å². The number of hydrogen-bond donors (Lipinski definition) is 2. The Balaban J connectivity index is 1.38. The molecule has 0 unspecified atom stereocenters. The van der Waals surface area contributed by atoms with Crippen LogP contribution in [-0.2, 0) is 18.0 Å². The van der Waals surface area contributed by atoms with Crippen LogP contribution in [0.15, 0.2) is 48.7 Å². The van der Waals surface area contributed by atoms with E-state index in [-0.39, 0.29) is 50.5 Å². The third kappa shape index (κ3) is 5.80. The van der Waals surface area contributed by atoms with E-state index in [0.717, 1.165) is 37.1 Å². The second kappa shape index (κ2) is 11.8. The number of aryl methyl sites for hydroxylation is 3. The van der Waals surface area contributed by atoms with Crippen molar-refractivity contribution in [2.24, 2.45) is 7.05 Å². The summed E-state index contributed by atoms with van der Waals surface area (Å²) in [5.41, 5.74) is -2.01. The first kappa shape index (κ1) is 32.8. The van der Waals surface area contributed by atoms with E-state index in [1.807, 2.05) is 6.92 Å². The number of pyridine rings is 1. The lowest BCUT2D eigenvalue weighted by Crippen LogP contribution is -2.27. The van der Waals surface area contributed by atoms with Crippen molar-refractivity contribution in [1.29, 1.82) is 0 Å². The molecular formula is C34H31F5N6O3. The van der Waals surface area contributed by atoms with Crippen LogP contribution in [0.25, 0.3) is 27.8 Å². The van der Waals surface area contributed by atoms with Crippen LogP contribution in [0.2, 0.25) is 0 Å². The van der Waals surface area contributed by atoms with Crippen molar-refractivity contribution < 1.29 is 36.3 Å². The Morgan fingerprint density at radius 2 is 1.79 bits per heavy atom. The van der Waals surface area contributed by atoms with Gasteiger partial charge in [0.05, 0.1) is 23.9 Å². The summed E-state index contributed by atoms with van der Waals surface area (Å²) in [5.74, 6) is -3.63. The number of anilines is 1. The third-order valence-electron chi connectivity index (χ3n) is 8.64. The van der Waals surface area contributed by atoms with Gasteiger partial charge in [-0.25, -0.2) is 18.7 Å². The summed E-state index contributed by atoms with van der Waals surface area (Å²) in [4.78, 5) is 34.9. The highest BCUT2D eigenvalue weighted by Crippen LogP contribution is 2.47. The molecule has 5 aromatic rings. The van der Waals surface area contributed by atoms with E-state index in [0.29, 0.717) is 12.4 Å². The number of halogens is 5. The number of fused-ring (bicyclic) bond motifs is 2. The second-order valence-electron chi connectivity index (χ2n) is 12.1. The molecule has 0 bridgehead atoms. The highest BCUT2D eigenvalue weighted by molar-refractivity contribution is 6.10. The smallest absolute Gasteiger partial charge is 0.417 e. The molecule has 6 rings (SSSR count). The zero-order valence-corrected chi connectivity index (χ0v) is 26.6. The summed E-state index contributed by atoms with van der Waals surface area (Å²) in [6, 6.07) is 5.40. The number of carbonyl (C=O) groups excluding carboxylic acids is 2. The number of methoxy groups -OCH3 is 1. The molecule has 250 valence electrons. The average Bonchev–Trinajstić information content (AvgIpc) is 3.56. The molecule has 1 saturated carbocycles. The first-order valence-electron chi connectivity index (χ1n) is 15.0. The summed E-state index contributed by atoms with van der Waals surface area (Å²) in [7, 11) is 2.84. The van der Waals surface area contributed by atoms with Gasteiger partial charge in [0.1, 0.15) is 40.0 Å². The molecular weight excluding hydrogens is 635 g/mol. The van der Waals surface area contributed by atoms with E-state index in [4.69, 9.17) is 4.74 Å². The van der Waals surface area contributed by atoms with E-state index >= 15 is 8.78 Å². The Bertz CT molecular complexity index is 2140. The average molecular weight is 667 g/mol. The van der Waals surface area contributed by atoms with Gasteiger partial charge in [-0.1, -0.05) is 6.08 Å². The predicted octanol–water partition coefficient (Wildman–Crippen LogP) is 6.68. The maximum atomic E-state index is 15.1. The molecule has 2 N–H and O–H groups in total. The molecule has 1 fully saturated rings. The third-order valence-corrected chi connectivity index (χ3v) is 8.64. The van der Waals surface area contributed by atoms with E-state index in [1.165, 1.54) is 47.4 Å². The monoisotopic (exact) mass is 666 g/mol. The van der Waals surface area contributed by atoms with Gasteiger partial charge in [0, 0.05) is 48.1 Å². The Morgan fingerprint density at radius 3 is 2.42 bits per heavy atom. The number of hydrogen-bond acceptors (Lipinski definition) is 6. The first-order valence-corrected chi connectivity index (χ1v) is 15.0. The molecule has 3 heterocycles. The van der Waals surface area contributed by atoms with Crippen LogP contribution in [0.5, 0.6) is 5.75 Å².